The van der Waals surface area contributed by atoms with Crippen LogP contribution >= 0.6 is 0 Å². The van der Waals surface area contributed by atoms with Crippen LogP contribution in [0, 0.1) is 5.92 Å². The lowest BCUT2D eigenvalue weighted by molar-refractivity contribution is 0.0535. The topological polar surface area (TPSA) is 69.6 Å². The summed E-state index contributed by atoms with van der Waals surface area (Å²) in [6, 6.07) is -0.182. The van der Waals surface area contributed by atoms with Crippen molar-refractivity contribution >= 4 is 9.84 Å². The first-order valence-electron chi connectivity index (χ1n) is 7.35. The Morgan fingerprint density at radius 3 is 2.79 bits per heavy atom. The smallest absolute Gasteiger partial charge is 0.154 e. The minimum atomic E-state index is -3.04. The number of nitrogens with one attached hydrogen (secondary N) is 1. The van der Waals surface area contributed by atoms with Crippen LogP contribution in [-0.2, 0) is 9.84 Å². The van der Waals surface area contributed by atoms with Gasteiger partial charge in [-0.1, -0.05) is 6.92 Å². The number of hydrogen-bond acceptors (Lipinski definition) is 5. The van der Waals surface area contributed by atoms with E-state index in [0.29, 0.717) is 5.92 Å². The molecule has 2 aliphatic rings. The maximum atomic E-state index is 11.6. The number of rotatable bonds is 5. The third-order valence-electron chi connectivity index (χ3n) is 4.17. The van der Waals surface area contributed by atoms with E-state index in [1.165, 1.54) is 6.42 Å². The molecular formula is C13H26N2O3S. The van der Waals surface area contributed by atoms with Gasteiger partial charge in [-0.25, -0.2) is 8.42 Å². The van der Waals surface area contributed by atoms with Crippen LogP contribution in [-0.4, -0.2) is 68.3 Å². The van der Waals surface area contributed by atoms with Crippen molar-refractivity contribution in [3.63, 3.8) is 0 Å². The fraction of sp³-hybridized carbons (Fsp3) is 1.00. The predicted octanol–water partition coefficient (Wildman–Crippen LogP) is -0.144. The second kappa shape index (κ2) is 6.52. The SMILES string of the molecule is CCCNCC1CCCN(C2CS(=O)(=O)CC2O)C1. The number of hydrogen-bond donors (Lipinski definition) is 2. The Hall–Kier alpha value is -0.170. The Kier molecular flexibility index (Phi) is 5.22. The van der Waals surface area contributed by atoms with Crippen LogP contribution in [0.25, 0.3) is 0 Å². The fourth-order valence-electron chi connectivity index (χ4n) is 3.21. The van der Waals surface area contributed by atoms with Crippen molar-refractivity contribution in [1.82, 2.24) is 10.2 Å². The van der Waals surface area contributed by atoms with Gasteiger partial charge >= 0.3 is 0 Å². The first-order chi connectivity index (χ1) is 9.02. The zero-order chi connectivity index (χ0) is 13.9. The van der Waals surface area contributed by atoms with Crippen LogP contribution < -0.4 is 5.32 Å². The molecule has 2 saturated heterocycles. The highest BCUT2D eigenvalue weighted by Crippen LogP contribution is 2.24. The summed E-state index contributed by atoms with van der Waals surface area (Å²) in [5.41, 5.74) is 0. The van der Waals surface area contributed by atoms with Gasteiger partial charge in [0.05, 0.1) is 23.7 Å². The van der Waals surface area contributed by atoms with E-state index in [9.17, 15) is 13.5 Å². The molecule has 2 aliphatic heterocycles. The van der Waals surface area contributed by atoms with Crippen molar-refractivity contribution in [2.75, 3.05) is 37.7 Å². The first kappa shape index (κ1) is 15.2. The standard InChI is InChI=1S/C13H26N2O3S/c1-2-5-14-7-11-4-3-6-15(8-11)12-9-19(17,18)10-13(12)16/h11-14,16H,2-10H2,1H3. The molecule has 112 valence electrons. The molecule has 19 heavy (non-hydrogen) atoms. The number of likely N-dealkylation sites (tertiary alicyclic amines) is 1. The molecule has 3 unspecified atom stereocenters. The molecule has 2 heterocycles. The molecule has 2 N–H and O–H groups in total. The van der Waals surface area contributed by atoms with E-state index in [4.69, 9.17) is 0 Å². The molecule has 0 bridgehead atoms. The lowest BCUT2D eigenvalue weighted by Gasteiger charge is -2.37. The van der Waals surface area contributed by atoms with Crippen molar-refractivity contribution in [3.8, 4) is 0 Å². The zero-order valence-electron chi connectivity index (χ0n) is 11.7. The highest BCUT2D eigenvalue weighted by molar-refractivity contribution is 7.91. The zero-order valence-corrected chi connectivity index (χ0v) is 12.5. The fourth-order valence-corrected chi connectivity index (χ4v) is 5.04. The summed E-state index contributed by atoms with van der Waals surface area (Å²) in [5.74, 6) is 0.645. The van der Waals surface area contributed by atoms with Gasteiger partial charge in [-0.15, -0.1) is 0 Å². The molecule has 6 heteroatoms. The summed E-state index contributed by atoms with van der Waals surface area (Å²) < 4.78 is 23.2. The molecule has 2 rings (SSSR count). The van der Waals surface area contributed by atoms with E-state index in [0.717, 1.165) is 39.0 Å². The summed E-state index contributed by atoms with van der Waals surface area (Å²) >= 11 is 0. The van der Waals surface area contributed by atoms with E-state index < -0.39 is 15.9 Å². The summed E-state index contributed by atoms with van der Waals surface area (Å²) in [6.45, 7) is 6.02. The lowest BCUT2D eigenvalue weighted by Crippen LogP contribution is -2.49. The van der Waals surface area contributed by atoms with Crippen molar-refractivity contribution in [1.29, 1.82) is 0 Å². The van der Waals surface area contributed by atoms with Crippen LogP contribution in [0.3, 0.4) is 0 Å². The lowest BCUT2D eigenvalue weighted by atomic mass is 9.96. The third-order valence-corrected chi connectivity index (χ3v) is 5.87. The highest BCUT2D eigenvalue weighted by Gasteiger charge is 2.41. The molecule has 0 spiro atoms. The van der Waals surface area contributed by atoms with Crippen molar-refractivity contribution in [3.05, 3.63) is 0 Å². The number of nitrogens with zero attached hydrogens (tertiary/aromatic N) is 1. The summed E-state index contributed by atoms with van der Waals surface area (Å²) in [4.78, 5) is 2.19. The third kappa shape index (κ3) is 4.15. The largest absolute Gasteiger partial charge is 0.390 e. The normalized spacial score (nSPS) is 35.6. The van der Waals surface area contributed by atoms with Gasteiger partial charge in [-0.3, -0.25) is 4.90 Å². The molecule has 0 radical (unpaired) electrons. The minimum Gasteiger partial charge on any atom is -0.390 e. The van der Waals surface area contributed by atoms with Crippen molar-refractivity contribution < 1.29 is 13.5 Å². The monoisotopic (exact) mass is 290 g/mol. The number of aliphatic hydroxyl groups excluding tert-OH is 1. The van der Waals surface area contributed by atoms with Gasteiger partial charge in [-0.2, -0.15) is 0 Å². The Bertz CT molecular complexity index is 385. The van der Waals surface area contributed by atoms with E-state index in [1.54, 1.807) is 0 Å². The summed E-state index contributed by atoms with van der Waals surface area (Å²) in [5, 5.41) is 13.4. The second-order valence-electron chi connectivity index (χ2n) is 5.92. The van der Waals surface area contributed by atoms with Gasteiger partial charge < -0.3 is 10.4 Å². The van der Waals surface area contributed by atoms with Crippen molar-refractivity contribution in [2.45, 2.75) is 38.3 Å². The molecule has 0 saturated carbocycles. The van der Waals surface area contributed by atoms with E-state index >= 15 is 0 Å². The molecule has 0 aliphatic carbocycles. The number of sulfone groups is 1. The van der Waals surface area contributed by atoms with Crippen LogP contribution in [0.2, 0.25) is 0 Å². The Morgan fingerprint density at radius 1 is 1.37 bits per heavy atom. The van der Waals surface area contributed by atoms with Crippen molar-refractivity contribution in [2.24, 2.45) is 5.92 Å². The maximum Gasteiger partial charge on any atom is 0.154 e. The van der Waals surface area contributed by atoms with Gasteiger partial charge in [-0.05, 0) is 44.8 Å². The van der Waals surface area contributed by atoms with Crippen LogP contribution in [0.4, 0.5) is 0 Å². The van der Waals surface area contributed by atoms with Gasteiger partial charge in [0.2, 0.25) is 0 Å². The molecular weight excluding hydrogens is 264 g/mol. The average Bonchev–Trinajstić information content (AvgIpc) is 2.64. The quantitative estimate of drug-likeness (QED) is 0.690. The van der Waals surface area contributed by atoms with Gasteiger partial charge in [0.1, 0.15) is 0 Å². The second-order valence-corrected chi connectivity index (χ2v) is 8.07. The molecule has 3 atom stereocenters. The molecule has 0 aromatic rings. The Morgan fingerprint density at radius 2 is 2.16 bits per heavy atom. The van der Waals surface area contributed by atoms with Gasteiger partial charge in [0.15, 0.2) is 9.84 Å². The Labute approximate surface area is 116 Å². The molecule has 5 nitrogen and oxygen atoms in total. The van der Waals surface area contributed by atoms with Crippen LogP contribution in [0.5, 0.6) is 0 Å². The number of aliphatic hydroxyl groups is 1. The maximum absolute atomic E-state index is 11.6. The van der Waals surface area contributed by atoms with Gasteiger partial charge in [0.25, 0.3) is 0 Å². The van der Waals surface area contributed by atoms with Crippen LogP contribution in [0.1, 0.15) is 26.2 Å². The summed E-state index contributed by atoms with van der Waals surface area (Å²) in [6.07, 6.45) is 2.73. The predicted molar refractivity (Wildman–Crippen MR) is 75.9 cm³/mol. The molecule has 0 aromatic heterocycles. The summed E-state index contributed by atoms with van der Waals surface area (Å²) in [7, 11) is -3.04. The molecule has 2 fully saturated rings. The van der Waals surface area contributed by atoms with Crippen LogP contribution in [0.15, 0.2) is 0 Å². The van der Waals surface area contributed by atoms with E-state index in [1.807, 2.05) is 0 Å². The van der Waals surface area contributed by atoms with E-state index in [2.05, 4.69) is 17.1 Å². The van der Waals surface area contributed by atoms with E-state index in [-0.39, 0.29) is 17.5 Å². The molecule has 0 aromatic carbocycles. The molecule has 0 amide bonds. The average molecular weight is 290 g/mol. The minimum absolute atomic E-state index is 0.0626. The first-order valence-corrected chi connectivity index (χ1v) is 9.17. The van der Waals surface area contributed by atoms with Gasteiger partial charge in [0, 0.05) is 6.54 Å². The number of piperidine rings is 1. The highest BCUT2D eigenvalue weighted by atomic mass is 32.2. The Balaban J connectivity index is 1.87.